The van der Waals surface area contributed by atoms with E-state index in [0.717, 1.165) is 24.0 Å². The molecule has 2 heterocycles. The van der Waals surface area contributed by atoms with Gasteiger partial charge in [0.1, 0.15) is 5.82 Å². The first kappa shape index (κ1) is 13.2. The molecule has 0 aliphatic carbocycles. The van der Waals surface area contributed by atoms with E-state index in [9.17, 15) is 9.18 Å². The Morgan fingerprint density at radius 1 is 1.26 bits per heavy atom. The fraction of sp³-hybridized carbons (Fsp3) is 0.562. The van der Waals surface area contributed by atoms with Gasteiger partial charge in [0.05, 0.1) is 0 Å². The van der Waals surface area contributed by atoms with Gasteiger partial charge in [-0.2, -0.15) is 11.8 Å². The summed E-state index contributed by atoms with van der Waals surface area (Å²) >= 11 is 2.08. The van der Waals surface area contributed by atoms with E-state index < -0.39 is 0 Å². The Hall–Kier alpha value is -0.830. The van der Waals surface area contributed by atoms with Crippen molar-refractivity contribution in [2.75, 3.05) is 0 Å². The summed E-state index contributed by atoms with van der Waals surface area (Å²) in [6, 6.07) is 4.52. The van der Waals surface area contributed by atoms with Gasteiger partial charge in [-0.15, -0.1) is 0 Å². The highest BCUT2D eigenvalue weighted by atomic mass is 32.2. The van der Waals surface area contributed by atoms with Crippen LogP contribution in [0.2, 0.25) is 0 Å². The van der Waals surface area contributed by atoms with Crippen molar-refractivity contribution >= 4 is 17.5 Å². The molecule has 1 aromatic carbocycles. The Bertz CT molecular complexity index is 488. The van der Waals surface area contributed by atoms with Crippen LogP contribution in [0.3, 0.4) is 0 Å². The highest BCUT2D eigenvalue weighted by Crippen LogP contribution is 2.44. The molecule has 2 bridgehead atoms. The van der Waals surface area contributed by atoms with Crippen LogP contribution < -0.4 is 0 Å². The minimum absolute atomic E-state index is 0.153. The first-order chi connectivity index (χ1) is 9.13. The van der Waals surface area contributed by atoms with E-state index in [2.05, 4.69) is 11.8 Å². The van der Waals surface area contributed by atoms with Crippen LogP contribution in [0.4, 0.5) is 4.39 Å². The van der Waals surface area contributed by atoms with Crippen LogP contribution in [0.25, 0.3) is 0 Å². The van der Waals surface area contributed by atoms with Gasteiger partial charge in [0.2, 0.25) is 0 Å². The topological polar surface area (TPSA) is 17.1 Å². The summed E-state index contributed by atoms with van der Waals surface area (Å²) in [7, 11) is 0. The van der Waals surface area contributed by atoms with E-state index in [-0.39, 0.29) is 17.5 Å². The SMILES string of the molecule is Cc1cc(F)ccc1C(=O)C1CC2CCCC(C1)S2. The largest absolute Gasteiger partial charge is 0.294 e. The van der Waals surface area contributed by atoms with Gasteiger partial charge in [-0.25, -0.2) is 4.39 Å². The van der Waals surface area contributed by atoms with Crippen LogP contribution in [0.5, 0.6) is 0 Å². The average molecular weight is 278 g/mol. The molecular formula is C16H19FOS. The molecule has 0 spiro atoms. The van der Waals surface area contributed by atoms with Gasteiger partial charge < -0.3 is 0 Å². The number of benzene rings is 1. The van der Waals surface area contributed by atoms with E-state index in [4.69, 9.17) is 0 Å². The van der Waals surface area contributed by atoms with Crippen molar-refractivity contribution in [3.8, 4) is 0 Å². The summed E-state index contributed by atoms with van der Waals surface area (Å²) in [5, 5.41) is 1.34. The zero-order valence-corrected chi connectivity index (χ0v) is 12.0. The first-order valence-electron chi connectivity index (χ1n) is 7.09. The maximum absolute atomic E-state index is 13.1. The molecule has 1 nitrogen and oxygen atoms in total. The van der Waals surface area contributed by atoms with Gasteiger partial charge in [-0.3, -0.25) is 4.79 Å². The standard InChI is InChI=1S/C16H19FOS/c1-10-7-12(17)5-6-15(10)16(18)11-8-13-3-2-4-14(9-11)19-13/h5-7,11,13-14H,2-4,8-9H2,1H3. The molecule has 1 aromatic rings. The highest BCUT2D eigenvalue weighted by Gasteiger charge is 2.36. The number of thioether (sulfide) groups is 1. The van der Waals surface area contributed by atoms with Crippen molar-refractivity contribution in [3.05, 3.63) is 35.1 Å². The number of Topliss-reactive ketones (excluding diaryl/α,β-unsaturated/α-hetero) is 1. The third kappa shape index (κ3) is 2.71. The fourth-order valence-electron chi connectivity index (χ4n) is 3.40. The van der Waals surface area contributed by atoms with Gasteiger partial charge in [0, 0.05) is 22.0 Å². The van der Waals surface area contributed by atoms with Crippen molar-refractivity contribution in [2.24, 2.45) is 5.92 Å². The minimum Gasteiger partial charge on any atom is -0.294 e. The zero-order chi connectivity index (χ0) is 13.4. The second kappa shape index (κ2) is 5.28. The summed E-state index contributed by atoms with van der Waals surface area (Å²) in [6.07, 6.45) is 5.85. The zero-order valence-electron chi connectivity index (χ0n) is 11.2. The normalized spacial score (nSPS) is 30.1. The molecule has 2 saturated heterocycles. The minimum atomic E-state index is -0.259. The van der Waals surface area contributed by atoms with Crippen LogP contribution in [-0.2, 0) is 0 Å². The number of aryl methyl sites for hydroxylation is 1. The molecule has 2 aliphatic heterocycles. The highest BCUT2D eigenvalue weighted by molar-refractivity contribution is 8.00. The van der Waals surface area contributed by atoms with E-state index >= 15 is 0 Å². The van der Waals surface area contributed by atoms with Crippen LogP contribution >= 0.6 is 11.8 Å². The summed E-state index contributed by atoms with van der Waals surface area (Å²) in [6.45, 7) is 1.83. The van der Waals surface area contributed by atoms with Crippen LogP contribution in [0.15, 0.2) is 18.2 Å². The lowest BCUT2D eigenvalue weighted by Crippen LogP contribution is -2.33. The van der Waals surface area contributed by atoms with Gasteiger partial charge >= 0.3 is 0 Å². The van der Waals surface area contributed by atoms with E-state index in [1.54, 1.807) is 6.07 Å². The third-order valence-electron chi connectivity index (χ3n) is 4.36. The van der Waals surface area contributed by atoms with Crippen molar-refractivity contribution in [2.45, 2.75) is 49.5 Å². The van der Waals surface area contributed by atoms with Gasteiger partial charge in [0.15, 0.2) is 5.78 Å². The van der Waals surface area contributed by atoms with Crippen molar-refractivity contribution < 1.29 is 9.18 Å². The van der Waals surface area contributed by atoms with E-state index in [1.165, 1.54) is 31.4 Å². The summed E-state index contributed by atoms with van der Waals surface area (Å²) in [5.41, 5.74) is 1.49. The van der Waals surface area contributed by atoms with Crippen molar-refractivity contribution in [3.63, 3.8) is 0 Å². The number of hydrogen-bond acceptors (Lipinski definition) is 2. The van der Waals surface area contributed by atoms with Crippen LogP contribution in [0.1, 0.15) is 48.0 Å². The number of carbonyl (C=O) groups excluding carboxylic acids is 1. The Morgan fingerprint density at radius 2 is 1.95 bits per heavy atom. The maximum atomic E-state index is 13.1. The maximum Gasteiger partial charge on any atom is 0.166 e. The average Bonchev–Trinajstić information content (AvgIpc) is 2.37. The Labute approximate surface area is 118 Å². The number of hydrogen-bond donors (Lipinski definition) is 0. The summed E-state index contributed by atoms with van der Waals surface area (Å²) < 4.78 is 13.1. The molecule has 3 rings (SSSR count). The molecule has 2 fully saturated rings. The molecule has 102 valence electrons. The molecular weight excluding hydrogens is 259 g/mol. The molecule has 0 radical (unpaired) electrons. The Morgan fingerprint density at radius 3 is 2.58 bits per heavy atom. The smallest absolute Gasteiger partial charge is 0.166 e. The molecule has 0 aromatic heterocycles. The Kier molecular flexibility index (Phi) is 3.66. The van der Waals surface area contributed by atoms with Crippen LogP contribution in [-0.4, -0.2) is 16.3 Å². The second-order valence-electron chi connectivity index (χ2n) is 5.80. The molecule has 2 atom stereocenters. The lowest BCUT2D eigenvalue weighted by Gasteiger charge is -2.38. The van der Waals surface area contributed by atoms with Crippen molar-refractivity contribution in [1.29, 1.82) is 0 Å². The number of rotatable bonds is 2. The molecule has 19 heavy (non-hydrogen) atoms. The summed E-state index contributed by atoms with van der Waals surface area (Å²) in [5.74, 6) is 0.125. The molecule has 0 saturated carbocycles. The Balaban J connectivity index is 1.80. The third-order valence-corrected chi connectivity index (χ3v) is 5.98. The van der Waals surface area contributed by atoms with Crippen molar-refractivity contribution in [1.82, 2.24) is 0 Å². The summed E-state index contributed by atoms with van der Waals surface area (Å²) in [4.78, 5) is 12.6. The molecule has 2 unspecified atom stereocenters. The lowest BCUT2D eigenvalue weighted by molar-refractivity contribution is 0.0896. The van der Waals surface area contributed by atoms with Gasteiger partial charge in [0.25, 0.3) is 0 Å². The molecule has 3 heteroatoms. The quantitative estimate of drug-likeness (QED) is 0.747. The number of carbonyl (C=O) groups is 1. The van der Waals surface area contributed by atoms with Gasteiger partial charge in [-0.1, -0.05) is 6.42 Å². The predicted molar refractivity (Wildman–Crippen MR) is 77.2 cm³/mol. The van der Waals surface area contributed by atoms with E-state index in [0.29, 0.717) is 10.5 Å². The number of fused-ring (bicyclic) bond motifs is 2. The van der Waals surface area contributed by atoms with Crippen LogP contribution in [0, 0.1) is 18.7 Å². The first-order valence-corrected chi connectivity index (χ1v) is 8.03. The van der Waals surface area contributed by atoms with E-state index in [1.807, 2.05) is 6.92 Å². The predicted octanol–water partition coefficient (Wildman–Crippen LogP) is 4.38. The van der Waals surface area contributed by atoms with Gasteiger partial charge in [-0.05, 0) is 56.4 Å². The molecule has 0 N–H and O–H groups in total. The fourth-order valence-corrected chi connectivity index (χ4v) is 5.23. The lowest BCUT2D eigenvalue weighted by atomic mass is 9.83. The molecule has 2 aliphatic rings. The monoisotopic (exact) mass is 278 g/mol. The number of ketones is 1. The second-order valence-corrected chi connectivity index (χ2v) is 7.41. The molecule has 0 amide bonds. The number of halogens is 1.